The number of hydrogen-bond acceptors (Lipinski definition) is 2. The van der Waals surface area contributed by atoms with Gasteiger partial charge in [-0.25, -0.2) is 0 Å². The van der Waals surface area contributed by atoms with Crippen molar-refractivity contribution in [3.05, 3.63) is 0 Å². The lowest BCUT2D eigenvalue weighted by molar-refractivity contribution is -0.260. The standard InChI is InChI=1S/C11H10O3/c12-9-5-2-1-3-6-4(2)8(9)11(6,7(3)5)10(13)14/h2-8H,1H2,(H,13,14). The van der Waals surface area contributed by atoms with E-state index in [1.165, 1.54) is 6.42 Å². The zero-order valence-electron chi connectivity index (χ0n) is 7.51. The Labute approximate surface area is 80.5 Å². The van der Waals surface area contributed by atoms with Crippen molar-refractivity contribution in [1.82, 2.24) is 0 Å². The third-order valence-corrected chi connectivity index (χ3v) is 6.23. The summed E-state index contributed by atoms with van der Waals surface area (Å²) in [5.41, 5.74) is -0.538. The largest absolute Gasteiger partial charge is 0.481 e. The van der Waals surface area contributed by atoms with E-state index in [2.05, 4.69) is 0 Å². The third kappa shape index (κ3) is 0.287. The van der Waals surface area contributed by atoms with Gasteiger partial charge in [0.1, 0.15) is 5.78 Å². The molecular weight excluding hydrogens is 180 g/mol. The summed E-state index contributed by atoms with van der Waals surface area (Å²) in [6, 6.07) is 0. The molecule has 6 aliphatic rings. The lowest BCUT2D eigenvalue weighted by atomic mass is 9.32. The predicted octanol–water partition coefficient (Wildman–Crippen LogP) is 0.398. The molecule has 6 saturated carbocycles. The Morgan fingerprint density at radius 2 is 2.14 bits per heavy atom. The number of hydrogen-bond donors (Lipinski definition) is 1. The van der Waals surface area contributed by atoms with E-state index in [4.69, 9.17) is 0 Å². The first-order chi connectivity index (χ1) is 6.70. The van der Waals surface area contributed by atoms with Crippen LogP contribution in [0.3, 0.4) is 0 Å². The molecule has 0 aromatic carbocycles. The van der Waals surface area contributed by atoms with Gasteiger partial charge < -0.3 is 5.11 Å². The van der Waals surface area contributed by atoms with E-state index < -0.39 is 11.4 Å². The molecule has 6 rings (SSSR count). The minimum Gasteiger partial charge on any atom is -0.481 e. The second kappa shape index (κ2) is 1.37. The van der Waals surface area contributed by atoms with Crippen LogP contribution in [-0.4, -0.2) is 16.9 Å². The van der Waals surface area contributed by atoms with Crippen LogP contribution in [-0.2, 0) is 9.59 Å². The first-order valence-corrected chi connectivity index (χ1v) is 5.48. The molecule has 8 atom stereocenters. The van der Waals surface area contributed by atoms with Gasteiger partial charge in [0.25, 0.3) is 0 Å². The van der Waals surface area contributed by atoms with Crippen LogP contribution in [0.25, 0.3) is 0 Å². The van der Waals surface area contributed by atoms with Crippen LogP contribution in [0.1, 0.15) is 6.42 Å². The molecule has 4 bridgehead atoms. The second-order valence-electron chi connectivity index (χ2n) is 5.84. The molecule has 14 heavy (non-hydrogen) atoms. The molecule has 3 heteroatoms. The number of carbonyl (C=O) groups excluding carboxylic acids is 1. The van der Waals surface area contributed by atoms with Crippen LogP contribution >= 0.6 is 0 Å². The summed E-state index contributed by atoms with van der Waals surface area (Å²) in [5, 5.41) is 9.34. The number of aliphatic carboxylic acids is 1. The highest BCUT2D eigenvalue weighted by Crippen LogP contribution is 2.92. The zero-order chi connectivity index (χ0) is 9.40. The molecule has 6 aliphatic carbocycles. The van der Waals surface area contributed by atoms with Gasteiger partial charge in [-0.1, -0.05) is 0 Å². The van der Waals surface area contributed by atoms with Crippen molar-refractivity contribution >= 4 is 11.8 Å². The lowest BCUT2D eigenvalue weighted by Gasteiger charge is -2.69. The summed E-state index contributed by atoms with van der Waals surface area (Å²) in [6.45, 7) is 0. The van der Waals surface area contributed by atoms with E-state index in [1.54, 1.807) is 0 Å². The van der Waals surface area contributed by atoms with Crippen LogP contribution in [0.2, 0.25) is 0 Å². The number of ketones is 1. The molecule has 1 N–H and O–H groups in total. The maximum absolute atomic E-state index is 11.9. The van der Waals surface area contributed by atoms with E-state index in [0.29, 0.717) is 29.5 Å². The van der Waals surface area contributed by atoms with Gasteiger partial charge in [0.05, 0.1) is 5.41 Å². The summed E-state index contributed by atoms with van der Waals surface area (Å²) in [6.07, 6.45) is 1.17. The smallest absolute Gasteiger partial charge is 0.311 e. The van der Waals surface area contributed by atoms with E-state index in [-0.39, 0.29) is 17.8 Å². The Morgan fingerprint density at radius 3 is 2.79 bits per heavy atom. The minimum atomic E-state index is -0.666. The summed E-state index contributed by atoms with van der Waals surface area (Å²) >= 11 is 0. The highest BCUT2D eigenvalue weighted by atomic mass is 16.4. The Bertz CT molecular complexity index is 428. The van der Waals surface area contributed by atoms with E-state index in [9.17, 15) is 14.7 Å². The molecule has 0 aliphatic heterocycles. The van der Waals surface area contributed by atoms with Crippen LogP contribution in [0.15, 0.2) is 0 Å². The van der Waals surface area contributed by atoms with E-state index in [0.717, 1.165) is 0 Å². The molecule has 8 unspecified atom stereocenters. The molecule has 0 spiro atoms. The Kier molecular flexibility index (Phi) is 0.646. The Hall–Kier alpha value is -0.860. The molecule has 3 nitrogen and oxygen atoms in total. The maximum atomic E-state index is 11.9. The zero-order valence-corrected chi connectivity index (χ0v) is 7.51. The summed E-state index contributed by atoms with van der Waals surface area (Å²) in [4.78, 5) is 23.3. The maximum Gasteiger partial charge on any atom is 0.311 e. The molecule has 0 saturated heterocycles. The van der Waals surface area contributed by atoms with Gasteiger partial charge in [0, 0.05) is 11.8 Å². The Balaban J connectivity index is 1.84. The fraction of sp³-hybridized carbons (Fsp3) is 0.818. The summed E-state index contributed by atoms with van der Waals surface area (Å²) in [5.74, 6) is 2.17. The molecule has 0 radical (unpaired) electrons. The van der Waals surface area contributed by atoms with Gasteiger partial charge in [-0.05, 0) is 36.0 Å². The van der Waals surface area contributed by atoms with Crippen molar-refractivity contribution < 1.29 is 14.7 Å². The molecule has 0 amide bonds. The van der Waals surface area contributed by atoms with Crippen LogP contribution in [0.5, 0.6) is 0 Å². The molecule has 0 aromatic heterocycles. The van der Waals surface area contributed by atoms with Gasteiger partial charge in [-0.3, -0.25) is 9.59 Å². The van der Waals surface area contributed by atoms with Gasteiger partial charge in [0.15, 0.2) is 0 Å². The van der Waals surface area contributed by atoms with Gasteiger partial charge in [0.2, 0.25) is 0 Å². The molecule has 0 aromatic rings. The first-order valence-electron chi connectivity index (χ1n) is 5.48. The predicted molar refractivity (Wildman–Crippen MR) is 44.1 cm³/mol. The van der Waals surface area contributed by atoms with Gasteiger partial charge >= 0.3 is 5.97 Å². The van der Waals surface area contributed by atoms with Crippen LogP contribution in [0, 0.1) is 46.8 Å². The van der Waals surface area contributed by atoms with Crippen LogP contribution in [0.4, 0.5) is 0 Å². The highest BCUT2D eigenvalue weighted by molar-refractivity contribution is 6.02. The number of carboxylic acids is 1. The average molecular weight is 190 g/mol. The van der Waals surface area contributed by atoms with Crippen molar-refractivity contribution in [1.29, 1.82) is 0 Å². The number of Topliss-reactive ketones (excluding diaryl/α,β-unsaturated/α-hetero) is 1. The number of carboxylic acid groups (broad SMARTS) is 1. The van der Waals surface area contributed by atoms with Crippen molar-refractivity contribution in [3.8, 4) is 0 Å². The monoisotopic (exact) mass is 190 g/mol. The summed E-state index contributed by atoms with van der Waals surface area (Å²) < 4.78 is 0. The quantitative estimate of drug-likeness (QED) is 0.651. The first kappa shape index (κ1) is 6.59. The van der Waals surface area contributed by atoms with E-state index in [1.807, 2.05) is 0 Å². The van der Waals surface area contributed by atoms with Crippen molar-refractivity contribution in [2.24, 2.45) is 46.8 Å². The Morgan fingerprint density at radius 1 is 1.36 bits per heavy atom. The fourth-order valence-corrected chi connectivity index (χ4v) is 6.39. The summed E-state index contributed by atoms with van der Waals surface area (Å²) in [7, 11) is 0. The average Bonchev–Trinajstić information content (AvgIpc) is 2.58. The van der Waals surface area contributed by atoms with Crippen molar-refractivity contribution in [3.63, 3.8) is 0 Å². The number of rotatable bonds is 1. The highest BCUT2D eigenvalue weighted by Gasteiger charge is 2.96. The minimum absolute atomic E-state index is 0.0521. The molecule has 72 valence electrons. The fourth-order valence-electron chi connectivity index (χ4n) is 6.39. The second-order valence-corrected chi connectivity index (χ2v) is 5.84. The number of carbonyl (C=O) groups is 2. The lowest BCUT2D eigenvalue weighted by Crippen LogP contribution is -2.73. The molecule has 0 heterocycles. The molecule has 6 fully saturated rings. The SMILES string of the molecule is O=C1C2C3CC4C2C2(C(=O)O)C1C3C42. The van der Waals surface area contributed by atoms with Crippen molar-refractivity contribution in [2.75, 3.05) is 0 Å². The third-order valence-electron chi connectivity index (χ3n) is 6.23. The van der Waals surface area contributed by atoms with Crippen LogP contribution < -0.4 is 0 Å². The van der Waals surface area contributed by atoms with E-state index >= 15 is 0 Å². The van der Waals surface area contributed by atoms with Gasteiger partial charge in [-0.2, -0.15) is 0 Å². The molecular formula is C11H10O3. The topological polar surface area (TPSA) is 54.4 Å². The van der Waals surface area contributed by atoms with Gasteiger partial charge in [-0.15, -0.1) is 0 Å². The normalized spacial score (nSPS) is 73.7. The van der Waals surface area contributed by atoms with Crippen molar-refractivity contribution in [2.45, 2.75) is 6.42 Å².